The number of carbonyl (C=O) groups excluding carboxylic acids is 2. The number of hydrogen-bond donors (Lipinski definition) is 2. The maximum absolute atomic E-state index is 12.0. The minimum absolute atomic E-state index is 0.0994. The Kier molecular flexibility index (Phi) is 4.70. The third kappa shape index (κ3) is 3.55. The van der Waals surface area contributed by atoms with Crippen LogP contribution in [0.3, 0.4) is 0 Å². The van der Waals surface area contributed by atoms with Crippen LogP contribution in [0.4, 0.5) is 0 Å². The van der Waals surface area contributed by atoms with Crippen molar-refractivity contribution in [2.24, 2.45) is 0 Å². The molecule has 104 valence electrons. The van der Waals surface area contributed by atoms with E-state index < -0.39 is 0 Å². The van der Waals surface area contributed by atoms with E-state index in [1.165, 1.54) is 6.92 Å². The molecule has 0 aromatic heterocycles. The molecule has 0 bridgehead atoms. The predicted octanol–water partition coefficient (Wildman–Crippen LogP) is 1.21. The average molecular weight is 288 g/mol. The molecule has 2 rings (SSSR count). The molecule has 2 aromatic carbocycles. The first-order chi connectivity index (χ1) is 9.58. The Morgan fingerprint density at radius 2 is 1.85 bits per heavy atom. The number of carbonyl (C=O) groups is 2. The molecule has 2 amide bonds. The van der Waals surface area contributed by atoms with Crippen molar-refractivity contribution in [1.29, 1.82) is 0 Å². The van der Waals surface area contributed by atoms with E-state index >= 15 is 0 Å². The van der Waals surface area contributed by atoms with Crippen LogP contribution in [0.5, 0.6) is 0 Å². The van der Waals surface area contributed by atoms with Crippen LogP contribution in [0, 0.1) is 0 Å². The molecule has 2 aromatic rings. The van der Waals surface area contributed by atoms with E-state index in [2.05, 4.69) is 19.9 Å². The van der Waals surface area contributed by atoms with Gasteiger partial charge in [-0.1, -0.05) is 24.3 Å². The second kappa shape index (κ2) is 6.49. The number of amides is 2. The summed E-state index contributed by atoms with van der Waals surface area (Å²) in [6.07, 6.45) is 0. The SMILES string of the molecule is CC(=O)NCCNC(=O)c1ccc2cccc(P)c2c1. The smallest absolute Gasteiger partial charge is 0.251 e. The van der Waals surface area contributed by atoms with E-state index in [9.17, 15) is 9.59 Å². The van der Waals surface area contributed by atoms with Crippen molar-refractivity contribution < 1.29 is 9.59 Å². The van der Waals surface area contributed by atoms with Crippen molar-refractivity contribution in [3.05, 3.63) is 42.0 Å². The number of fused-ring (bicyclic) bond motifs is 1. The van der Waals surface area contributed by atoms with E-state index in [-0.39, 0.29) is 11.8 Å². The molecule has 0 saturated carbocycles. The summed E-state index contributed by atoms with van der Waals surface area (Å²) in [7, 11) is 2.67. The number of hydrogen-bond acceptors (Lipinski definition) is 2. The van der Waals surface area contributed by atoms with Gasteiger partial charge in [0.2, 0.25) is 5.91 Å². The first kappa shape index (κ1) is 14.5. The molecule has 0 spiro atoms. The number of nitrogens with one attached hydrogen (secondary N) is 2. The van der Waals surface area contributed by atoms with Crippen molar-refractivity contribution in [2.75, 3.05) is 13.1 Å². The lowest BCUT2D eigenvalue weighted by atomic mass is 10.1. The van der Waals surface area contributed by atoms with Crippen LogP contribution in [-0.2, 0) is 4.79 Å². The van der Waals surface area contributed by atoms with Crippen molar-refractivity contribution in [3.63, 3.8) is 0 Å². The molecular formula is C15H17N2O2P. The zero-order valence-corrected chi connectivity index (χ0v) is 12.4. The standard InChI is InChI=1S/C15H17N2O2P/c1-10(18)16-7-8-17-15(19)12-6-5-11-3-2-4-14(20)13(11)9-12/h2-6,9H,7-8,20H2,1H3,(H,16,18)(H,17,19). The van der Waals surface area contributed by atoms with Gasteiger partial charge in [-0.05, 0) is 28.2 Å². The van der Waals surface area contributed by atoms with Gasteiger partial charge >= 0.3 is 0 Å². The molecular weight excluding hydrogens is 271 g/mol. The fourth-order valence-corrected chi connectivity index (χ4v) is 2.32. The third-order valence-corrected chi connectivity index (χ3v) is 3.47. The van der Waals surface area contributed by atoms with Gasteiger partial charge in [-0.3, -0.25) is 9.59 Å². The van der Waals surface area contributed by atoms with Crippen LogP contribution in [0.15, 0.2) is 36.4 Å². The fourth-order valence-electron chi connectivity index (χ4n) is 1.95. The minimum Gasteiger partial charge on any atom is -0.355 e. The molecule has 0 fully saturated rings. The molecule has 1 atom stereocenters. The summed E-state index contributed by atoms with van der Waals surface area (Å²) in [5.41, 5.74) is 0.621. The highest BCUT2D eigenvalue weighted by atomic mass is 31.0. The number of rotatable bonds is 4. The first-order valence-electron chi connectivity index (χ1n) is 6.39. The zero-order valence-electron chi connectivity index (χ0n) is 11.3. The Labute approximate surface area is 120 Å². The highest BCUT2D eigenvalue weighted by molar-refractivity contribution is 7.28. The van der Waals surface area contributed by atoms with E-state index in [1.54, 1.807) is 6.07 Å². The summed E-state index contributed by atoms with van der Waals surface area (Å²) < 4.78 is 0. The molecule has 1 unspecified atom stereocenters. The van der Waals surface area contributed by atoms with Gasteiger partial charge in [-0.15, -0.1) is 9.24 Å². The van der Waals surface area contributed by atoms with E-state index in [0.717, 1.165) is 16.1 Å². The summed E-state index contributed by atoms with van der Waals surface area (Å²) in [5, 5.41) is 8.63. The van der Waals surface area contributed by atoms with Crippen LogP contribution in [0.1, 0.15) is 17.3 Å². The van der Waals surface area contributed by atoms with Crippen molar-refractivity contribution in [1.82, 2.24) is 10.6 Å². The van der Waals surface area contributed by atoms with Gasteiger partial charge in [0.15, 0.2) is 0 Å². The quantitative estimate of drug-likeness (QED) is 0.656. The van der Waals surface area contributed by atoms with E-state index in [0.29, 0.717) is 18.7 Å². The van der Waals surface area contributed by atoms with Crippen LogP contribution in [-0.4, -0.2) is 24.9 Å². The Bertz CT molecular complexity index is 655. The summed E-state index contributed by atoms with van der Waals surface area (Å²) in [6.45, 7) is 2.30. The molecule has 0 aliphatic carbocycles. The lowest BCUT2D eigenvalue weighted by molar-refractivity contribution is -0.118. The maximum Gasteiger partial charge on any atom is 0.251 e. The third-order valence-electron chi connectivity index (χ3n) is 2.96. The molecule has 0 heterocycles. The summed E-state index contributed by atoms with van der Waals surface area (Å²) in [5.74, 6) is -0.233. The zero-order chi connectivity index (χ0) is 14.5. The second-order valence-corrected chi connectivity index (χ2v) is 5.14. The molecule has 20 heavy (non-hydrogen) atoms. The Morgan fingerprint density at radius 3 is 2.60 bits per heavy atom. The van der Waals surface area contributed by atoms with Gasteiger partial charge in [0.25, 0.3) is 5.91 Å². The molecule has 5 heteroatoms. The van der Waals surface area contributed by atoms with Crippen LogP contribution >= 0.6 is 9.24 Å². The highest BCUT2D eigenvalue weighted by Crippen LogP contribution is 2.15. The second-order valence-electron chi connectivity index (χ2n) is 4.52. The Morgan fingerprint density at radius 1 is 1.10 bits per heavy atom. The van der Waals surface area contributed by atoms with Gasteiger partial charge in [-0.2, -0.15) is 0 Å². The topological polar surface area (TPSA) is 58.2 Å². The summed E-state index contributed by atoms with van der Waals surface area (Å²) >= 11 is 0. The first-order valence-corrected chi connectivity index (χ1v) is 6.96. The van der Waals surface area contributed by atoms with Gasteiger partial charge < -0.3 is 10.6 Å². The molecule has 0 aliphatic heterocycles. The molecule has 0 saturated heterocycles. The van der Waals surface area contributed by atoms with Crippen LogP contribution in [0.2, 0.25) is 0 Å². The van der Waals surface area contributed by atoms with Gasteiger partial charge in [0, 0.05) is 25.6 Å². The summed E-state index contributed by atoms with van der Waals surface area (Å²) in [4.78, 5) is 22.7. The largest absolute Gasteiger partial charge is 0.355 e. The Hall–Kier alpha value is -1.93. The molecule has 4 nitrogen and oxygen atoms in total. The lowest BCUT2D eigenvalue weighted by Crippen LogP contribution is -2.33. The van der Waals surface area contributed by atoms with Crippen LogP contribution in [0.25, 0.3) is 10.8 Å². The van der Waals surface area contributed by atoms with Crippen molar-refractivity contribution in [3.8, 4) is 0 Å². The lowest BCUT2D eigenvalue weighted by Gasteiger charge is -2.08. The van der Waals surface area contributed by atoms with Crippen LogP contribution < -0.4 is 15.9 Å². The summed E-state index contributed by atoms with van der Waals surface area (Å²) in [6, 6.07) is 11.6. The fraction of sp³-hybridized carbons (Fsp3) is 0.200. The highest BCUT2D eigenvalue weighted by Gasteiger charge is 2.06. The minimum atomic E-state index is -0.134. The molecule has 0 radical (unpaired) electrons. The van der Waals surface area contributed by atoms with E-state index in [4.69, 9.17) is 0 Å². The number of benzene rings is 2. The molecule has 2 N–H and O–H groups in total. The predicted molar refractivity (Wildman–Crippen MR) is 84.3 cm³/mol. The van der Waals surface area contributed by atoms with Crippen molar-refractivity contribution >= 4 is 37.1 Å². The Balaban J connectivity index is 2.07. The normalized spacial score (nSPS) is 10.3. The average Bonchev–Trinajstić information content (AvgIpc) is 2.43. The van der Waals surface area contributed by atoms with E-state index in [1.807, 2.05) is 30.3 Å². The maximum atomic E-state index is 12.0. The van der Waals surface area contributed by atoms with Gasteiger partial charge in [-0.25, -0.2) is 0 Å². The van der Waals surface area contributed by atoms with Gasteiger partial charge in [0.1, 0.15) is 0 Å². The monoisotopic (exact) mass is 288 g/mol. The molecule has 0 aliphatic rings. The van der Waals surface area contributed by atoms with Crippen molar-refractivity contribution in [2.45, 2.75) is 6.92 Å². The van der Waals surface area contributed by atoms with Gasteiger partial charge in [0.05, 0.1) is 0 Å².